The second kappa shape index (κ2) is 6.49. The van der Waals surface area contributed by atoms with E-state index in [-0.39, 0.29) is 12.2 Å². The molecular weight excluding hydrogens is 266 g/mol. The van der Waals surface area contributed by atoms with Gasteiger partial charge in [-0.3, -0.25) is 4.79 Å². The van der Waals surface area contributed by atoms with E-state index in [9.17, 15) is 13.2 Å². The summed E-state index contributed by atoms with van der Waals surface area (Å²) in [5.41, 5.74) is 1.21. The van der Waals surface area contributed by atoms with E-state index in [2.05, 4.69) is 11.3 Å². The van der Waals surface area contributed by atoms with Crippen molar-refractivity contribution in [1.29, 1.82) is 0 Å². The van der Waals surface area contributed by atoms with Crippen LogP contribution < -0.4 is 4.72 Å². The zero-order chi connectivity index (χ0) is 14.5. The molecule has 0 aliphatic heterocycles. The van der Waals surface area contributed by atoms with Crippen LogP contribution in [0.5, 0.6) is 0 Å². The van der Waals surface area contributed by atoms with Crippen LogP contribution in [0.25, 0.3) is 0 Å². The third-order valence-electron chi connectivity index (χ3n) is 2.34. The van der Waals surface area contributed by atoms with E-state index >= 15 is 0 Å². The number of benzene rings is 1. The van der Waals surface area contributed by atoms with E-state index in [0.717, 1.165) is 5.56 Å². The molecule has 0 aliphatic rings. The summed E-state index contributed by atoms with van der Waals surface area (Å²) in [4.78, 5) is 11.1. The Morgan fingerprint density at radius 2 is 1.95 bits per heavy atom. The molecule has 1 aromatic carbocycles. The van der Waals surface area contributed by atoms with Gasteiger partial charge in [-0.25, -0.2) is 13.1 Å². The fourth-order valence-corrected chi connectivity index (χ4v) is 2.96. The molecule has 1 rings (SSSR count). The Hall–Kier alpha value is -1.66. The smallest absolute Gasteiger partial charge is 0.322 e. The number of carbonyl (C=O) groups is 1. The number of carboxylic acid groups (broad SMARTS) is 1. The van der Waals surface area contributed by atoms with Gasteiger partial charge in [0.1, 0.15) is 6.04 Å². The molecule has 5 nitrogen and oxygen atoms in total. The Kier molecular flexibility index (Phi) is 5.26. The quantitative estimate of drug-likeness (QED) is 0.736. The summed E-state index contributed by atoms with van der Waals surface area (Å²) in [7, 11) is -3.68. The van der Waals surface area contributed by atoms with Crippen LogP contribution in [-0.2, 0) is 21.2 Å². The monoisotopic (exact) mass is 283 g/mol. The maximum absolute atomic E-state index is 11.7. The predicted octanol–water partition coefficient (Wildman–Crippen LogP) is 1.18. The summed E-state index contributed by atoms with van der Waals surface area (Å²) < 4.78 is 25.6. The van der Waals surface area contributed by atoms with Crippen LogP contribution in [0.2, 0.25) is 0 Å². The zero-order valence-electron chi connectivity index (χ0n) is 10.7. The lowest BCUT2D eigenvalue weighted by molar-refractivity contribution is -0.138. The summed E-state index contributed by atoms with van der Waals surface area (Å²) in [5.74, 6) is -1.47. The highest BCUT2D eigenvalue weighted by atomic mass is 32.2. The molecule has 0 unspecified atom stereocenters. The lowest BCUT2D eigenvalue weighted by Crippen LogP contribution is -2.43. The molecule has 104 valence electrons. The van der Waals surface area contributed by atoms with E-state index in [4.69, 9.17) is 5.11 Å². The molecule has 0 aromatic heterocycles. The van der Waals surface area contributed by atoms with Crippen molar-refractivity contribution in [3.63, 3.8) is 0 Å². The fourth-order valence-electron chi connectivity index (χ4n) is 1.61. The van der Waals surface area contributed by atoms with E-state index < -0.39 is 22.0 Å². The molecule has 0 spiro atoms. The number of nitrogens with one attached hydrogen (secondary N) is 1. The van der Waals surface area contributed by atoms with Gasteiger partial charge in [0.15, 0.2) is 0 Å². The van der Waals surface area contributed by atoms with Crippen molar-refractivity contribution in [2.24, 2.45) is 0 Å². The van der Waals surface area contributed by atoms with Crippen molar-refractivity contribution >= 4 is 16.0 Å². The zero-order valence-corrected chi connectivity index (χ0v) is 11.5. The van der Waals surface area contributed by atoms with Crippen LogP contribution in [0, 0.1) is 0 Å². The van der Waals surface area contributed by atoms with E-state index in [1.54, 1.807) is 31.2 Å². The first-order valence-corrected chi connectivity index (χ1v) is 7.36. The lowest BCUT2D eigenvalue weighted by atomic mass is 10.1. The van der Waals surface area contributed by atoms with Crippen molar-refractivity contribution in [3.05, 3.63) is 48.0 Å². The molecule has 0 radical (unpaired) electrons. The van der Waals surface area contributed by atoms with Gasteiger partial charge in [0.25, 0.3) is 0 Å². The van der Waals surface area contributed by atoms with Crippen molar-refractivity contribution < 1.29 is 18.3 Å². The highest BCUT2D eigenvalue weighted by Gasteiger charge is 2.24. The molecule has 6 heteroatoms. The second-order valence-corrected chi connectivity index (χ2v) is 6.17. The van der Waals surface area contributed by atoms with E-state index in [0.29, 0.717) is 5.57 Å². The maximum atomic E-state index is 11.7. The minimum absolute atomic E-state index is 0.103. The molecule has 0 saturated carbocycles. The summed E-state index contributed by atoms with van der Waals surface area (Å²) in [6.45, 7) is 5.09. The van der Waals surface area contributed by atoms with Gasteiger partial charge in [0.2, 0.25) is 10.0 Å². The first-order valence-electron chi connectivity index (χ1n) is 5.71. The average molecular weight is 283 g/mol. The lowest BCUT2D eigenvalue weighted by Gasteiger charge is -2.14. The Balaban J connectivity index is 2.80. The summed E-state index contributed by atoms with van der Waals surface area (Å²) in [6, 6.07) is 7.69. The van der Waals surface area contributed by atoms with Gasteiger partial charge in [0, 0.05) is 0 Å². The molecule has 19 heavy (non-hydrogen) atoms. The Labute approximate surface area is 113 Å². The molecule has 0 saturated heterocycles. The molecule has 1 atom stereocenters. The van der Waals surface area contributed by atoms with Crippen molar-refractivity contribution in [3.8, 4) is 0 Å². The van der Waals surface area contributed by atoms with E-state index in [1.807, 2.05) is 6.07 Å². The molecule has 0 aliphatic carbocycles. The highest BCUT2D eigenvalue weighted by molar-refractivity contribution is 7.89. The van der Waals surface area contributed by atoms with Crippen LogP contribution >= 0.6 is 0 Å². The standard InChI is InChI=1S/C13H17NO4S/c1-10(2)9-19(17,18)14-12(13(15)16)8-11-6-4-3-5-7-11/h3-7,12,14H,1,8-9H2,2H3,(H,15,16)/t12-/m1/s1. The molecule has 2 N–H and O–H groups in total. The third kappa shape index (κ3) is 5.67. The number of rotatable bonds is 7. The maximum Gasteiger partial charge on any atom is 0.322 e. The van der Waals surface area contributed by atoms with Crippen LogP contribution in [0.15, 0.2) is 42.5 Å². The summed E-state index contributed by atoms with van der Waals surface area (Å²) >= 11 is 0. The first kappa shape index (κ1) is 15.4. The van der Waals surface area contributed by atoms with Gasteiger partial charge in [-0.05, 0) is 18.9 Å². The molecule has 0 amide bonds. The summed E-state index contributed by atoms with van der Waals surface area (Å²) in [5, 5.41) is 9.08. The number of aliphatic carboxylic acids is 1. The number of hydrogen-bond acceptors (Lipinski definition) is 3. The molecule has 1 aromatic rings. The predicted molar refractivity (Wildman–Crippen MR) is 73.3 cm³/mol. The number of carboxylic acids is 1. The van der Waals surface area contributed by atoms with Gasteiger partial charge in [-0.2, -0.15) is 0 Å². The van der Waals surface area contributed by atoms with E-state index in [1.165, 1.54) is 0 Å². The Morgan fingerprint density at radius 1 is 1.37 bits per heavy atom. The third-order valence-corrected chi connectivity index (χ3v) is 3.86. The molecular formula is C13H17NO4S. The minimum Gasteiger partial charge on any atom is -0.480 e. The van der Waals surface area contributed by atoms with Crippen LogP contribution in [-0.4, -0.2) is 31.3 Å². The Morgan fingerprint density at radius 3 is 2.42 bits per heavy atom. The number of sulfonamides is 1. The van der Waals surface area contributed by atoms with Crippen LogP contribution in [0.1, 0.15) is 12.5 Å². The van der Waals surface area contributed by atoms with Crippen molar-refractivity contribution in [2.45, 2.75) is 19.4 Å². The number of hydrogen-bond donors (Lipinski definition) is 2. The topological polar surface area (TPSA) is 83.5 Å². The molecule has 0 fully saturated rings. The average Bonchev–Trinajstić information content (AvgIpc) is 2.27. The minimum atomic E-state index is -3.68. The fraction of sp³-hybridized carbons (Fsp3) is 0.308. The van der Waals surface area contributed by atoms with Crippen molar-refractivity contribution in [1.82, 2.24) is 4.72 Å². The van der Waals surface area contributed by atoms with Gasteiger partial charge < -0.3 is 5.11 Å². The van der Waals surface area contributed by atoms with Gasteiger partial charge in [-0.1, -0.05) is 42.5 Å². The van der Waals surface area contributed by atoms with Gasteiger partial charge in [-0.15, -0.1) is 0 Å². The molecule has 0 heterocycles. The largest absolute Gasteiger partial charge is 0.480 e. The Bertz CT molecular complexity index is 551. The van der Waals surface area contributed by atoms with Crippen LogP contribution in [0.3, 0.4) is 0 Å². The summed E-state index contributed by atoms with van der Waals surface area (Å²) in [6.07, 6.45) is 0.103. The molecule has 0 bridgehead atoms. The van der Waals surface area contributed by atoms with Gasteiger partial charge in [0.05, 0.1) is 5.75 Å². The van der Waals surface area contributed by atoms with Crippen molar-refractivity contribution in [2.75, 3.05) is 5.75 Å². The SMILES string of the molecule is C=C(C)CS(=O)(=O)N[C@H](Cc1ccccc1)C(=O)O. The first-order chi connectivity index (χ1) is 8.80. The van der Waals surface area contributed by atoms with Crippen LogP contribution in [0.4, 0.5) is 0 Å². The normalized spacial score (nSPS) is 12.9. The highest BCUT2D eigenvalue weighted by Crippen LogP contribution is 2.05. The van der Waals surface area contributed by atoms with Gasteiger partial charge >= 0.3 is 5.97 Å². The second-order valence-electron chi connectivity index (χ2n) is 4.41.